The first-order chi connectivity index (χ1) is 9.49. The smallest absolute Gasteiger partial charge is 0.248 e. The molecule has 104 valence electrons. The second-order valence-corrected chi connectivity index (χ2v) is 4.66. The first-order valence-corrected chi connectivity index (χ1v) is 6.26. The van der Waals surface area contributed by atoms with Gasteiger partial charge in [-0.25, -0.2) is 4.39 Å². The molecule has 2 aromatic rings. The molecule has 0 saturated heterocycles. The molecule has 0 atom stereocenters. The van der Waals surface area contributed by atoms with Gasteiger partial charge in [0, 0.05) is 11.1 Å². The van der Waals surface area contributed by atoms with E-state index in [1.165, 1.54) is 18.2 Å². The minimum atomic E-state index is -0.585. The average molecular weight is 273 g/mol. The molecule has 0 saturated carbocycles. The van der Waals surface area contributed by atoms with Crippen LogP contribution in [0.15, 0.2) is 36.4 Å². The molecule has 0 fully saturated rings. The van der Waals surface area contributed by atoms with Gasteiger partial charge in [-0.3, -0.25) is 4.79 Å². The molecule has 0 aromatic heterocycles. The molecule has 4 heteroatoms. The van der Waals surface area contributed by atoms with Crippen molar-refractivity contribution >= 4 is 5.91 Å². The van der Waals surface area contributed by atoms with Crippen LogP contribution in [-0.2, 0) is 6.61 Å². The van der Waals surface area contributed by atoms with Crippen LogP contribution >= 0.6 is 0 Å². The van der Waals surface area contributed by atoms with Crippen molar-refractivity contribution in [1.82, 2.24) is 0 Å². The maximum Gasteiger partial charge on any atom is 0.248 e. The van der Waals surface area contributed by atoms with Crippen LogP contribution in [0, 0.1) is 19.7 Å². The number of nitrogens with two attached hydrogens (primary N) is 1. The minimum absolute atomic E-state index is 0.0528. The molecule has 0 aliphatic carbocycles. The molecule has 0 aliphatic heterocycles. The fourth-order valence-corrected chi connectivity index (χ4v) is 1.87. The zero-order chi connectivity index (χ0) is 14.7. The third kappa shape index (κ3) is 2.96. The SMILES string of the molecule is Cc1cccc(OCc2cc(C(N)=O)ccc2F)c1C. The van der Waals surface area contributed by atoms with Gasteiger partial charge >= 0.3 is 0 Å². The van der Waals surface area contributed by atoms with Crippen molar-refractivity contribution in [3.05, 3.63) is 64.5 Å². The van der Waals surface area contributed by atoms with E-state index in [0.29, 0.717) is 11.3 Å². The van der Waals surface area contributed by atoms with Gasteiger partial charge in [-0.1, -0.05) is 12.1 Å². The Kier molecular flexibility index (Phi) is 4.03. The highest BCUT2D eigenvalue weighted by Crippen LogP contribution is 2.22. The summed E-state index contributed by atoms with van der Waals surface area (Å²) in [7, 11) is 0. The van der Waals surface area contributed by atoms with E-state index in [1.54, 1.807) is 0 Å². The summed E-state index contributed by atoms with van der Waals surface area (Å²) in [5, 5.41) is 0. The molecule has 20 heavy (non-hydrogen) atoms. The Balaban J connectivity index is 2.20. The maximum atomic E-state index is 13.7. The second kappa shape index (κ2) is 5.74. The molecule has 2 rings (SSSR count). The Bertz CT molecular complexity index is 653. The number of primary amides is 1. The van der Waals surface area contributed by atoms with Crippen molar-refractivity contribution in [2.45, 2.75) is 20.5 Å². The minimum Gasteiger partial charge on any atom is -0.489 e. The lowest BCUT2D eigenvalue weighted by Gasteiger charge is -2.11. The number of aryl methyl sites for hydroxylation is 1. The molecular formula is C16H16FNO2. The summed E-state index contributed by atoms with van der Waals surface area (Å²) in [6.45, 7) is 3.98. The van der Waals surface area contributed by atoms with Gasteiger partial charge in [-0.15, -0.1) is 0 Å². The largest absolute Gasteiger partial charge is 0.489 e. The Morgan fingerprint density at radius 2 is 2.00 bits per heavy atom. The van der Waals surface area contributed by atoms with Gasteiger partial charge in [0.1, 0.15) is 18.2 Å². The van der Waals surface area contributed by atoms with Crippen molar-refractivity contribution in [2.24, 2.45) is 5.73 Å². The number of hydrogen-bond donors (Lipinski definition) is 1. The molecule has 3 nitrogen and oxygen atoms in total. The van der Waals surface area contributed by atoms with Crippen LogP contribution in [-0.4, -0.2) is 5.91 Å². The van der Waals surface area contributed by atoms with Crippen LogP contribution in [0.2, 0.25) is 0 Å². The van der Waals surface area contributed by atoms with Gasteiger partial charge < -0.3 is 10.5 Å². The van der Waals surface area contributed by atoms with Crippen LogP contribution < -0.4 is 10.5 Å². The molecule has 0 radical (unpaired) electrons. The van der Waals surface area contributed by atoms with Crippen LogP contribution in [0.25, 0.3) is 0 Å². The monoisotopic (exact) mass is 273 g/mol. The molecular weight excluding hydrogens is 257 g/mol. The van der Waals surface area contributed by atoms with Gasteiger partial charge in [0.25, 0.3) is 0 Å². The predicted molar refractivity (Wildman–Crippen MR) is 75.2 cm³/mol. The van der Waals surface area contributed by atoms with Crippen molar-refractivity contribution in [3.8, 4) is 5.75 Å². The van der Waals surface area contributed by atoms with Crippen LogP contribution in [0.1, 0.15) is 27.0 Å². The quantitative estimate of drug-likeness (QED) is 0.930. The van der Waals surface area contributed by atoms with E-state index in [4.69, 9.17) is 10.5 Å². The molecule has 0 bridgehead atoms. The second-order valence-electron chi connectivity index (χ2n) is 4.66. The molecule has 1 amide bonds. The number of carbonyl (C=O) groups is 1. The summed E-state index contributed by atoms with van der Waals surface area (Å²) in [6.07, 6.45) is 0. The number of benzene rings is 2. The normalized spacial score (nSPS) is 10.3. The van der Waals surface area contributed by atoms with Gasteiger partial charge in [-0.2, -0.15) is 0 Å². The molecule has 0 aliphatic rings. The molecule has 2 N–H and O–H groups in total. The lowest BCUT2D eigenvalue weighted by Crippen LogP contribution is -2.12. The van der Waals surface area contributed by atoms with E-state index in [1.807, 2.05) is 32.0 Å². The van der Waals surface area contributed by atoms with Gasteiger partial charge in [0.05, 0.1) is 0 Å². The predicted octanol–water partition coefficient (Wildman–Crippen LogP) is 3.12. The van der Waals surface area contributed by atoms with Crippen molar-refractivity contribution < 1.29 is 13.9 Å². The number of rotatable bonds is 4. The van der Waals surface area contributed by atoms with E-state index >= 15 is 0 Å². The Hall–Kier alpha value is -2.36. The zero-order valence-electron chi connectivity index (χ0n) is 11.4. The number of ether oxygens (including phenoxy) is 1. The summed E-state index contributed by atoms with van der Waals surface area (Å²) < 4.78 is 19.3. The summed E-state index contributed by atoms with van der Waals surface area (Å²) in [5.74, 6) is -0.299. The first kappa shape index (κ1) is 14.1. The highest BCUT2D eigenvalue weighted by Gasteiger charge is 2.09. The third-order valence-electron chi connectivity index (χ3n) is 3.27. The van der Waals surface area contributed by atoms with Crippen LogP contribution in [0.4, 0.5) is 4.39 Å². The number of carbonyl (C=O) groups excluding carboxylic acids is 1. The fourth-order valence-electron chi connectivity index (χ4n) is 1.87. The van der Waals surface area contributed by atoms with Crippen molar-refractivity contribution in [2.75, 3.05) is 0 Å². The van der Waals surface area contributed by atoms with Crippen molar-refractivity contribution in [3.63, 3.8) is 0 Å². The summed E-state index contributed by atoms with van der Waals surface area (Å²) >= 11 is 0. The van der Waals surface area contributed by atoms with Crippen LogP contribution in [0.3, 0.4) is 0 Å². The van der Waals surface area contributed by atoms with Gasteiger partial charge in [0.2, 0.25) is 5.91 Å². The first-order valence-electron chi connectivity index (χ1n) is 6.26. The maximum absolute atomic E-state index is 13.7. The fraction of sp³-hybridized carbons (Fsp3) is 0.188. The van der Waals surface area contributed by atoms with E-state index < -0.39 is 11.7 Å². The Morgan fingerprint density at radius 3 is 2.70 bits per heavy atom. The lowest BCUT2D eigenvalue weighted by atomic mass is 10.1. The van der Waals surface area contributed by atoms with Crippen LogP contribution in [0.5, 0.6) is 5.75 Å². The summed E-state index contributed by atoms with van der Waals surface area (Å²) in [4.78, 5) is 11.1. The zero-order valence-corrected chi connectivity index (χ0v) is 11.4. The molecule has 0 unspecified atom stereocenters. The highest BCUT2D eigenvalue weighted by molar-refractivity contribution is 5.92. The number of amides is 1. The Labute approximate surface area is 117 Å². The number of hydrogen-bond acceptors (Lipinski definition) is 2. The lowest BCUT2D eigenvalue weighted by molar-refractivity contribution is 0.1000. The standard InChI is InChI=1S/C16H16FNO2/c1-10-4-3-5-15(11(10)2)20-9-13-8-12(16(18)19)6-7-14(13)17/h3-8H,9H2,1-2H3,(H2,18,19). The summed E-state index contributed by atoms with van der Waals surface area (Å²) in [5.41, 5.74) is 7.88. The topological polar surface area (TPSA) is 52.3 Å². The van der Waals surface area contributed by atoms with E-state index in [0.717, 1.165) is 11.1 Å². The number of halogens is 1. The average Bonchev–Trinajstić information content (AvgIpc) is 2.41. The third-order valence-corrected chi connectivity index (χ3v) is 3.27. The Morgan fingerprint density at radius 1 is 1.25 bits per heavy atom. The molecule has 0 spiro atoms. The molecule has 0 heterocycles. The summed E-state index contributed by atoms with van der Waals surface area (Å²) in [6, 6.07) is 9.70. The van der Waals surface area contributed by atoms with E-state index in [2.05, 4.69) is 0 Å². The van der Waals surface area contributed by atoms with E-state index in [9.17, 15) is 9.18 Å². The van der Waals surface area contributed by atoms with Gasteiger partial charge in [0.15, 0.2) is 0 Å². The van der Waals surface area contributed by atoms with Crippen molar-refractivity contribution in [1.29, 1.82) is 0 Å². The highest BCUT2D eigenvalue weighted by atomic mass is 19.1. The van der Waals surface area contributed by atoms with E-state index in [-0.39, 0.29) is 12.2 Å². The molecule has 2 aromatic carbocycles. The van der Waals surface area contributed by atoms with Gasteiger partial charge in [-0.05, 0) is 49.2 Å².